The number of hydrogen-bond donors (Lipinski definition) is 1. The molecule has 0 unspecified atom stereocenters. The summed E-state index contributed by atoms with van der Waals surface area (Å²) >= 11 is 5.95. The number of carbonyl (C=O) groups excluding carboxylic acids is 1. The number of nitrogens with one attached hydrogen (secondary N) is 1. The van der Waals surface area contributed by atoms with E-state index in [1.54, 1.807) is 6.07 Å². The second-order valence-corrected chi connectivity index (χ2v) is 7.80. The fraction of sp³-hybridized carbons (Fsp3) is 0.235. The van der Waals surface area contributed by atoms with Gasteiger partial charge in [-0.15, -0.1) is 0 Å². The zero-order valence-corrected chi connectivity index (χ0v) is 14.9. The lowest BCUT2D eigenvalue weighted by molar-refractivity contribution is -0.115. The minimum atomic E-state index is -3.60. The second-order valence-electron chi connectivity index (χ2n) is 5.28. The number of methoxy groups -OCH3 is 1. The number of carbonyl (C=O) groups is 1. The van der Waals surface area contributed by atoms with Crippen LogP contribution in [0.25, 0.3) is 0 Å². The van der Waals surface area contributed by atoms with Crippen molar-refractivity contribution < 1.29 is 17.9 Å². The SMILES string of the molecule is COc1ccc(S(=O)(=O)CCC(=O)Nc2cccc(C)c2)cc1Cl. The van der Waals surface area contributed by atoms with Crippen LogP contribution in [0.4, 0.5) is 5.69 Å². The van der Waals surface area contributed by atoms with E-state index in [2.05, 4.69) is 5.32 Å². The number of hydrogen-bond acceptors (Lipinski definition) is 4. The molecule has 2 rings (SSSR count). The Bertz CT molecular complexity index is 849. The fourth-order valence-corrected chi connectivity index (χ4v) is 3.72. The van der Waals surface area contributed by atoms with Gasteiger partial charge in [0.15, 0.2) is 9.84 Å². The molecule has 0 atom stereocenters. The molecule has 5 nitrogen and oxygen atoms in total. The first-order chi connectivity index (χ1) is 11.3. The predicted molar refractivity (Wildman–Crippen MR) is 94.5 cm³/mol. The third kappa shape index (κ3) is 4.72. The average Bonchev–Trinajstić information content (AvgIpc) is 2.53. The molecule has 0 aliphatic heterocycles. The summed E-state index contributed by atoms with van der Waals surface area (Å²) in [4.78, 5) is 12.0. The van der Waals surface area contributed by atoms with E-state index in [0.29, 0.717) is 11.4 Å². The smallest absolute Gasteiger partial charge is 0.225 e. The molecule has 0 saturated heterocycles. The molecule has 0 heterocycles. The van der Waals surface area contributed by atoms with Gasteiger partial charge in [0, 0.05) is 12.1 Å². The van der Waals surface area contributed by atoms with E-state index in [9.17, 15) is 13.2 Å². The molecule has 7 heteroatoms. The van der Waals surface area contributed by atoms with Gasteiger partial charge in [-0.1, -0.05) is 23.7 Å². The van der Waals surface area contributed by atoms with E-state index in [-0.39, 0.29) is 28.0 Å². The highest BCUT2D eigenvalue weighted by Crippen LogP contribution is 2.27. The van der Waals surface area contributed by atoms with Crippen molar-refractivity contribution in [3.63, 3.8) is 0 Å². The Hall–Kier alpha value is -2.05. The van der Waals surface area contributed by atoms with Crippen molar-refractivity contribution in [2.45, 2.75) is 18.2 Å². The predicted octanol–water partition coefficient (Wildman–Crippen LogP) is 3.46. The molecule has 0 aliphatic carbocycles. The van der Waals surface area contributed by atoms with Gasteiger partial charge in [0.2, 0.25) is 5.91 Å². The Morgan fingerprint density at radius 2 is 1.96 bits per heavy atom. The molecule has 2 aromatic carbocycles. The van der Waals surface area contributed by atoms with Crippen molar-refractivity contribution in [1.82, 2.24) is 0 Å². The van der Waals surface area contributed by atoms with Crippen LogP contribution in [0, 0.1) is 6.92 Å². The summed E-state index contributed by atoms with van der Waals surface area (Å²) in [6.45, 7) is 1.91. The third-order valence-electron chi connectivity index (χ3n) is 3.38. The van der Waals surface area contributed by atoms with Gasteiger partial charge in [0.05, 0.1) is 22.8 Å². The Balaban J connectivity index is 2.02. The van der Waals surface area contributed by atoms with E-state index < -0.39 is 9.84 Å². The Morgan fingerprint density at radius 3 is 2.58 bits per heavy atom. The van der Waals surface area contributed by atoms with Crippen LogP contribution in [0.15, 0.2) is 47.4 Å². The maximum atomic E-state index is 12.3. The van der Waals surface area contributed by atoms with Crippen molar-refractivity contribution in [1.29, 1.82) is 0 Å². The van der Waals surface area contributed by atoms with Gasteiger partial charge >= 0.3 is 0 Å². The van der Waals surface area contributed by atoms with Crippen molar-refractivity contribution in [3.05, 3.63) is 53.1 Å². The fourth-order valence-electron chi connectivity index (χ4n) is 2.13. The quantitative estimate of drug-likeness (QED) is 0.848. The molecule has 0 saturated carbocycles. The third-order valence-corrected chi connectivity index (χ3v) is 5.39. The maximum absolute atomic E-state index is 12.3. The van der Waals surface area contributed by atoms with Crippen LogP contribution in [-0.4, -0.2) is 27.2 Å². The molecular weight excluding hydrogens is 350 g/mol. The topological polar surface area (TPSA) is 72.5 Å². The summed E-state index contributed by atoms with van der Waals surface area (Å²) in [5, 5.41) is 2.90. The van der Waals surface area contributed by atoms with Crippen molar-refractivity contribution in [2.75, 3.05) is 18.2 Å². The van der Waals surface area contributed by atoms with E-state index in [1.807, 2.05) is 25.1 Å². The van der Waals surface area contributed by atoms with Gasteiger partial charge in [-0.3, -0.25) is 4.79 Å². The second kappa shape index (κ2) is 7.68. The molecule has 0 bridgehead atoms. The maximum Gasteiger partial charge on any atom is 0.225 e. The van der Waals surface area contributed by atoms with Crippen LogP contribution in [0.2, 0.25) is 5.02 Å². The normalized spacial score (nSPS) is 11.1. The van der Waals surface area contributed by atoms with Gasteiger partial charge < -0.3 is 10.1 Å². The summed E-state index contributed by atoms with van der Waals surface area (Å²) in [5.41, 5.74) is 1.65. The highest BCUT2D eigenvalue weighted by Gasteiger charge is 2.18. The van der Waals surface area contributed by atoms with E-state index >= 15 is 0 Å². The van der Waals surface area contributed by atoms with Crippen molar-refractivity contribution >= 4 is 33.0 Å². The van der Waals surface area contributed by atoms with Crippen LogP contribution in [-0.2, 0) is 14.6 Å². The number of halogens is 1. The molecule has 0 aliphatic rings. The molecule has 0 radical (unpaired) electrons. The van der Waals surface area contributed by atoms with Crippen LogP contribution in [0.3, 0.4) is 0 Å². The lowest BCUT2D eigenvalue weighted by Gasteiger charge is -2.08. The van der Waals surface area contributed by atoms with Crippen LogP contribution >= 0.6 is 11.6 Å². The monoisotopic (exact) mass is 367 g/mol. The highest BCUT2D eigenvalue weighted by molar-refractivity contribution is 7.91. The molecule has 0 spiro atoms. The first-order valence-electron chi connectivity index (χ1n) is 7.24. The molecule has 24 heavy (non-hydrogen) atoms. The Labute approximate surface area is 146 Å². The minimum absolute atomic E-state index is 0.0663. The van der Waals surface area contributed by atoms with Gasteiger partial charge in [0.1, 0.15) is 5.75 Å². The number of ether oxygens (including phenoxy) is 1. The molecule has 2 aromatic rings. The standard InChI is InChI=1S/C17H18ClNO4S/c1-12-4-3-5-13(10-12)19-17(20)8-9-24(21,22)14-6-7-16(23-2)15(18)11-14/h3-7,10-11H,8-9H2,1-2H3,(H,19,20). The van der Waals surface area contributed by atoms with Crippen LogP contribution in [0.1, 0.15) is 12.0 Å². The number of rotatable bonds is 6. The number of amides is 1. The largest absolute Gasteiger partial charge is 0.495 e. The summed E-state index contributed by atoms with van der Waals surface area (Å²) in [5.74, 6) is -0.260. The van der Waals surface area contributed by atoms with E-state index in [0.717, 1.165) is 5.56 Å². The van der Waals surface area contributed by atoms with E-state index in [4.69, 9.17) is 16.3 Å². The summed E-state index contributed by atoms with van der Waals surface area (Å²) in [7, 11) is -2.15. The van der Waals surface area contributed by atoms with Gasteiger partial charge in [-0.25, -0.2) is 8.42 Å². The van der Waals surface area contributed by atoms with Gasteiger partial charge in [-0.05, 0) is 42.8 Å². The number of benzene rings is 2. The van der Waals surface area contributed by atoms with Crippen molar-refractivity contribution in [2.24, 2.45) is 0 Å². The zero-order valence-electron chi connectivity index (χ0n) is 13.4. The lowest BCUT2D eigenvalue weighted by Crippen LogP contribution is -2.17. The molecule has 128 valence electrons. The Morgan fingerprint density at radius 1 is 1.21 bits per heavy atom. The number of anilines is 1. The molecule has 0 aromatic heterocycles. The summed E-state index contributed by atoms with van der Waals surface area (Å²) < 4.78 is 29.6. The van der Waals surface area contributed by atoms with E-state index in [1.165, 1.54) is 25.3 Å². The average molecular weight is 368 g/mol. The van der Waals surface area contributed by atoms with Crippen LogP contribution < -0.4 is 10.1 Å². The zero-order chi connectivity index (χ0) is 17.7. The summed E-state index contributed by atoms with van der Waals surface area (Å²) in [6.07, 6.45) is -0.139. The number of sulfone groups is 1. The number of aryl methyl sites for hydroxylation is 1. The molecule has 1 amide bonds. The lowest BCUT2D eigenvalue weighted by atomic mass is 10.2. The summed E-state index contributed by atoms with van der Waals surface area (Å²) in [6, 6.07) is 11.5. The molecular formula is C17H18ClNO4S. The van der Waals surface area contributed by atoms with Crippen LogP contribution in [0.5, 0.6) is 5.75 Å². The molecule has 0 fully saturated rings. The van der Waals surface area contributed by atoms with Gasteiger partial charge in [-0.2, -0.15) is 0 Å². The van der Waals surface area contributed by atoms with Gasteiger partial charge in [0.25, 0.3) is 0 Å². The highest BCUT2D eigenvalue weighted by atomic mass is 35.5. The molecule has 1 N–H and O–H groups in total. The van der Waals surface area contributed by atoms with Crippen molar-refractivity contribution in [3.8, 4) is 5.75 Å². The minimum Gasteiger partial charge on any atom is -0.495 e. The first kappa shape index (κ1) is 18.3. The Kier molecular flexibility index (Phi) is 5.85. The first-order valence-corrected chi connectivity index (χ1v) is 9.27.